The molecule has 3 rings (SSSR count). The van der Waals surface area contributed by atoms with Gasteiger partial charge in [-0.1, -0.05) is 12.6 Å². The Balaban J connectivity index is 2.15. The minimum atomic E-state index is -4.65. The molecule has 0 saturated carbocycles. The molecule has 0 radical (unpaired) electrons. The molecule has 2 N–H and O–H groups in total. The van der Waals surface area contributed by atoms with Crippen LogP contribution in [0.3, 0.4) is 0 Å². The van der Waals surface area contributed by atoms with Crippen molar-refractivity contribution in [1.82, 2.24) is 10.3 Å². The first kappa shape index (κ1) is 26.5. The van der Waals surface area contributed by atoms with E-state index in [-0.39, 0.29) is 22.3 Å². The van der Waals surface area contributed by atoms with Crippen LogP contribution in [0.4, 0.5) is 13.2 Å². The molecule has 0 fully saturated rings. The van der Waals surface area contributed by atoms with E-state index in [0.717, 1.165) is 11.6 Å². The first-order valence-electron chi connectivity index (χ1n) is 10.9. The van der Waals surface area contributed by atoms with Crippen molar-refractivity contribution in [1.29, 1.82) is 0 Å². The largest absolute Gasteiger partial charge is 0.478 e. The number of allylic oxidation sites excluding steroid dienone is 3. The van der Waals surface area contributed by atoms with Crippen LogP contribution in [0, 0.1) is 13.8 Å². The molecule has 2 aromatic heterocycles. The minimum absolute atomic E-state index is 0.0444. The van der Waals surface area contributed by atoms with E-state index in [1.54, 1.807) is 57.4 Å². The van der Waals surface area contributed by atoms with Crippen LogP contribution in [0.25, 0.3) is 22.3 Å². The van der Waals surface area contributed by atoms with E-state index in [0.29, 0.717) is 33.9 Å². The maximum absolute atomic E-state index is 13.2. The zero-order chi connectivity index (χ0) is 26.8. The maximum atomic E-state index is 13.2. The van der Waals surface area contributed by atoms with E-state index in [4.69, 9.17) is 4.42 Å². The third-order valence-corrected chi connectivity index (χ3v) is 5.69. The first-order valence-corrected chi connectivity index (χ1v) is 10.9. The second-order valence-corrected chi connectivity index (χ2v) is 8.42. The number of aryl methyl sites for hydroxylation is 1. The van der Waals surface area contributed by atoms with Crippen molar-refractivity contribution in [2.24, 2.45) is 0 Å². The zero-order valence-corrected chi connectivity index (χ0v) is 20.2. The Kier molecular flexibility index (Phi) is 7.52. The van der Waals surface area contributed by atoms with E-state index in [1.165, 1.54) is 6.92 Å². The fourth-order valence-corrected chi connectivity index (χ4v) is 3.65. The monoisotopic (exact) mass is 498 g/mol. The summed E-state index contributed by atoms with van der Waals surface area (Å²) in [6, 6.07) is 6.30. The lowest BCUT2D eigenvalue weighted by Crippen LogP contribution is -2.21. The number of nitrogens with one attached hydrogen (secondary N) is 1. The van der Waals surface area contributed by atoms with Gasteiger partial charge in [-0.15, -0.1) is 0 Å². The average Bonchev–Trinajstić information content (AvgIpc) is 2.82. The molecule has 6 nitrogen and oxygen atoms in total. The fourth-order valence-electron chi connectivity index (χ4n) is 3.65. The van der Waals surface area contributed by atoms with E-state index in [9.17, 15) is 27.9 Å². The van der Waals surface area contributed by atoms with Crippen molar-refractivity contribution >= 4 is 16.9 Å². The molecule has 1 unspecified atom stereocenters. The molecular formula is C27H25F3N2O4. The van der Waals surface area contributed by atoms with Gasteiger partial charge in [0.25, 0.3) is 0 Å². The summed E-state index contributed by atoms with van der Waals surface area (Å²) in [5.74, 6) is -0.959. The summed E-state index contributed by atoms with van der Waals surface area (Å²) in [4.78, 5) is 28.9. The van der Waals surface area contributed by atoms with Crippen LogP contribution in [0.15, 0.2) is 81.4 Å². The maximum Gasteiger partial charge on any atom is 0.415 e. The third-order valence-electron chi connectivity index (χ3n) is 5.69. The Labute approximate surface area is 205 Å². The van der Waals surface area contributed by atoms with Gasteiger partial charge in [0.05, 0.1) is 17.0 Å². The number of aliphatic carboxylic acids is 1. The Bertz CT molecular complexity index is 1450. The molecule has 1 aromatic carbocycles. The van der Waals surface area contributed by atoms with Crippen LogP contribution in [0.1, 0.15) is 36.6 Å². The SMILES string of the molecule is C=C(/C=C\C(NC(C)c1cc(C)cc2c(=O)c(C)c(-c3cccnc3)oc12)=C(/C)C(=O)O)C(F)(F)F. The number of hydrogen-bond acceptors (Lipinski definition) is 5. The number of alkyl halides is 3. The molecule has 0 spiro atoms. The van der Waals surface area contributed by atoms with Gasteiger partial charge in [-0.3, -0.25) is 9.78 Å². The molecule has 2 heterocycles. The van der Waals surface area contributed by atoms with Crippen molar-refractivity contribution in [2.45, 2.75) is 39.9 Å². The summed E-state index contributed by atoms with van der Waals surface area (Å²) >= 11 is 0. The van der Waals surface area contributed by atoms with Crippen molar-refractivity contribution in [2.75, 3.05) is 0 Å². The quantitative estimate of drug-likeness (QED) is 0.300. The molecule has 0 amide bonds. The van der Waals surface area contributed by atoms with Gasteiger partial charge in [0.1, 0.15) is 11.3 Å². The number of fused-ring (bicyclic) bond motifs is 1. The summed E-state index contributed by atoms with van der Waals surface area (Å²) in [5, 5.41) is 12.8. The Hall–Kier alpha value is -4.14. The lowest BCUT2D eigenvalue weighted by molar-refractivity contribution is -0.132. The van der Waals surface area contributed by atoms with E-state index in [2.05, 4.69) is 16.9 Å². The van der Waals surface area contributed by atoms with Gasteiger partial charge in [-0.25, -0.2) is 4.79 Å². The summed E-state index contributed by atoms with van der Waals surface area (Å²) in [6.45, 7) is 9.41. The Morgan fingerprint density at radius 3 is 2.53 bits per heavy atom. The lowest BCUT2D eigenvalue weighted by atomic mass is 9.98. The number of rotatable bonds is 7. The number of pyridine rings is 1. The van der Waals surface area contributed by atoms with Gasteiger partial charge >= 0.3 is 12.1 Å². The molecule has 188 valence electrons. The standard InChI is InChI=1S/C27H25F3N2O4/c1-14-11-20(18(5)32-22(16(3)26(34)35)9-8-15(2)27(28,29)30)25-21(12-14)23(33)17(4)24(36-25)19-7-6-10-31-13-19/h6-13,18,32H,2H2,1,3-5H3,(H,34,35)/b9-8-,22-16-. The highest BCUT2D eigenvalue weighted by molar-refractivity contribution is 5.87. The zero-order valence-electron chi connectivity index (χ0n) is 20.2. The summed E-state index contributed by atoms with van der Waals surface area (Å²) in [7, 11) is 0. The van der Waals surface area contributed by atoms with Crippen LogP contribution < -0.4 is 10.7 Å². The number of nitrogens with zero attached hydrogens (tertiary/aromatic N) is 1. The molecule has 36 heavy (non-hydrogen) atoms. The number of carboxylic acids is 1. The average molecular weight is 499 g/mol. The molecule has 0 aliphatic carbocycles. The highest BCUT2D eigenvalue weighted by Gasteiger charge is 2.30. The first-order chi connectivity index (χ1) is 16.8. The normalized spacial score (nSPS) is 13.5. The van der Waals surface area contributed by atoms with Crippen molar-refractivity contribution < 1.29 is 27.5 Å². The molecule has 1 atom stereocenters. The van der Waals surface area contributed by atoms with Gasteiger partial charge in [0, 0.05) is 40.4 Å². The highest BCUT2D eigenvalue weighted by atomic mass is 19.4. The number of hydrogen-bond donors (Lipinski definition) is 2. The van der Waals surface area contributed by atoms with E-state index >= 15 is 0 Å². The van der Waals surface area contributed by atoms with Crippen LogP contribution in [-0.2, 0) is 4.79 Å². The second-order valence-electron chi connectivity index (χ2n) is 8.42. The lowest BCUT2D eigenvalue weighted by Gasteiger charge is -2.20. The Morgan fingerprint density at radius 2 is 1.94 bits per heavy atom. The van der Waals surface area contributed by atoms with Crippen molar-refractivity contribution in [3.05, 3.63) is 99.1 Å². The van der Waals surface area contributed by atoms with Crippen LogP contribution in [-0.4, -0.2) is 22.2 Å². The molecule has 0 saturated heterocycles. The van der Waals surface area contributed by atoms with Gasteiger partial charge < -0.3 is 14.8 Å². The number of carboxylic acid groups (broad SMARTS) is 1. The smallest absolute Gasteiger partial charge is 0.415 e. The van der Waals surface area contributed by atoms with Crippen molar-refractivity contribution in [3.8, 4) is 11.3 Å². The van der Waals surface area contributed by atoms with Gasteiger partial charge in [0.2, 0.25) is 0 Å². The summed E-state index contributed by atoms with van der Waals surface area (Å²) in [6.07, 6.45) is 0.246. The van der Waals surface area contributed by atoms with Crippen LogP contribution in [0.2, 0.25) is 0 Å². The van der Waals surface area contributed by atoms with E-state index < -0.39 is 23.8 Å². The molecule has 0 bridgehead atoms. The minimum Gasteiger partial charge on any atom is -0.478 e. The summed E-state index contributed by atoms with van der Waals surface area (Å²) < 4.78 is 44.9. The topological polar surface area (TPSA) is 92.4 Å². The summed E-state index contributed by atoms with van der Waals surface area (Å²) in [5.41, 5.74) is 0.990. The predicted molar refractivity (Wildman–Crippen MR) is 131 cm³/mol. The van der Waals surface area contributed by atoms with Gasteiger partial charge in [0.15, 0.2) is 5.43 Å². The van der Waals surface area contributed by atoms with Crippen LogP contribution in [0.5, 0.6) is 0 Å². The Morgan fingerprint density at radius 1 is 1.25 bits per heavy atom. The number of carbonyl (C=O) groups is 1. The highest BCUT2D eigenvalue weighted by Crippen LogP contribution is 2.31. The molecular weight excluding hydrogens is 473 g/mol. The molecule has 9 heteroatoms. The fraction of sp³-hybridized carbons (Fsp3) is 0.222. The van der Waals surface area contributed by atoms with Gasteiger partial charge in [-0.2, -0.15) is 13.2 Å². The second kappa shape index (κ2) is 10.2. The van der Waals surface area contributed by atoms with Crippen molar-refractivity contribution in [3.63, 3.8) is 0 Å². The molecule has 0 aliphatic rings. The van der Waals surface area contributed by atoms with Gasteiger partial charge in [-0.05, 0) is 63.6 Å². The van der Waals surface area contributed by atoms with E-state index in [1.807, 2.05) is 0 Å². The number of benzene rings is 1. The third kappa shape index (κ3) is 5.56. The predicted octanol–water partition coefficient (Wildman–Crippen LogP) is 6.16. The molecule has 0 aliphatic heterocycles. The van der Waals surface area contributed by atoms with Crippen LogP contribution >= 0.6 is 0 Å². The molecule has 3 aromatic rings. The number of aromatic nitrogens is 1. The number of halogens is 3.